The number of carbonyl (C=O) groups excluding carboxylic acids is 1. The minimum Gasteiger partial charge on any atom is -0.452 e. The lowest BCUT2D eigenvalue weighted by Gasteiger charge is -2.35. The van der Waals surface area contributed by atoms with Gasteiger partial charge < -0.3 is 4.74 Å². The van der Waals surface area contributed by atoms with E-state index in [0.29, 0.717) is 5.57 Å². The fourth-order valence-corrected chi connectivity index (χ4v) is 2.26. The van der Waals surface area contributed by atoms with Gasteiger partial charge in [0.15, 0.2) is 0 Å². The normalized spacial score (nSPS) is 18.2. The Labute approximate surface area is 102 Å². The second kappa shape index (κ2) is 4.05. The Bertz CT molecular complexity index is 483. The molecule has 0 atom stereocenters. The second-order valence-electron chi connectivity index (χ2n) is 5.17. The van der Waals surface area contributed by atoms with E-state index < -0.39 is 5.60 Å². The SMILES string of the molecule is C=C(C)C(=O)OC(C)(C)C1=C2CCC2=C=CC1. The van der Waals surface area contributed by atoms with Crippen molar-refractivity contribution in [3.63, 3.8) is 0 Å². The third kappa shape index (κ3) is 2.13. The molecule has 17 heavy (non-hydrogen) atoms. The number of hydrogen-bond acceptors (Lipinski definition) is 2. The van der Waals surface area contributed by atoms with Gasteiger partial charge in [0.1, 0.15) is 5.60 Å². The highest BCUT2D eigenvalue weighted by molar-refractivity contribution is 5.87. The average Bonchev–Trinajstić information content (AvgIpc) is 2.18. The molecule has 0 aromatic rings. The molecule has 0 bridgehead atoms. The van der Waals surface area contributed by atoms with Crippen molar-refractivity contribution >= 4 is 5.97 Å². The van der Waals surface area contributed by atoms with Crippen LogP contribution in [0.4, 0.5) is 0 Å². The Balaban J connectivity index is 2.23. The van der Waals surface area contributed by atoms with Crippen molar-refractivity contribution in [3.8, 4) is 0 Å². The van der Waals surface area contributed by atoms with Crippen molar-refractivity contribution in [2.45, 2.75) is 45.6 Å². The van der Waals surface area contributed by atoms with Crippen molar-refractivity contribution in [2.24, 2.45) is 0 Å². The quantitative estimate of drug-likeness (QED) is 0.421. The summed E-state index contributed by atoms with van der Waals surface area (Å²) in [5.41, 5.74) is 7.01. The van der Waals surface area contributed by atoms with Crippen LogP contribution in [0.1, 0.15) is 40.0 Å². The predicted octanol–water partition coefficient (Wildman–Crippen LogP) is 3.46. The Kier molecular flexibility index (Phi) is 2.84. The van der Waals surface area contributed by atoms with Gasteiger partial charge in [-0.25, -0.2) is 4.79 Å². The molecule has 0 heterocycles. The van der Waals surface area contributed by atoms with Gasteiger partial charge in [-0.1, -0.05) is 6.58 Å². The molecule has 0 radical (unpaired) electrons. The average molecular weight is 230 g/mol. The lowest BCUT2D eigenvalue weighted by molar-refractivity contribution is -0.148. The molecule has 2 heteroatoms. The van der Waals surface area contributed by atoms with Crippen molar-refractivity contribution in [1.29, 1.82) is 0 Å². The van der Waals surface area contributed by atoms with E-state index >= 15 is 0 Å². The van der Waals surface area contributed by atoms with Crippen LogP contribution in [0, 0.1) is 0 Å². The van der Waals surface area contributed by atoms with E-state index in [0.717, 1.165) is 19.3 Å². The topological polar surface area (TPSA) is 26.3 Å². The summed E-state index contributed by atoms with van der Waals surface area (Å²) in [5.74, 6) is -0.317. The van der Waals surface area contributed by atoms with Crippen LogP contribution in [0.3, 0.4) is 0 Å². The molecule has 0 aromatic carbocycles. The molecule has 1 fully saturated rings. The first kappa shape index (κ1) is 11.9. The van der Waals surface area contributed by atoms with Gasteiger partial charge in [-0.15, -0.1) is 5.73 Å². The standard InChI is InChI=1S/C15H18O2/c1-10(2)14(16)17-15(3,4)13-7-5-6-11-8-9-12(11)13/h5H,1,7-9H2,2-4H3. The van der Waals surface area contributed by atoms with E-state index in [1.54, 1.807) is 6.92 Å². The van der Waals surface area contributed by atoms with Crippen LogP contribution in [0.15, 0.2) is 40.7 Å². The molecular formula is C15H18O2. The minimum atomic E-state index is -0.546. The van der Waals surface area contributed by atoms with E-state index in [1.165, 1.54) is 16.7 Å². The van der Waals surface area contributed by atoms with E-state index in [2.05, 4.69) is 12.3 Å². The molecule has 2 nitrogen and oxygen atoms in total. The van der Waals surface area contributed by atoms with Gasteiger partial charge >= 0.3 is 5.97 Å². The van der Waals surface area contributed by atoms with E-state index in [4.69, 9.17) is 4.74 Å². The molecule has 0 unspecified atom stereocenters. The first-order valence-electron chi connectivity index (χ1n) is 5.97. The molecule has 2 aliphatic rings. The monoisotopic (exact) mass is 230 g/mol. The van der Waals surface area contributed by atoms with Gasteiger partial charge in [0, 0.05) is 5.57 Å². The van der Waals surface area contributed by atoms with Crippen LogP contribution in [0.2, 0.25) is 0 Å². The van der Waals surface area contributed by atoms with Crippen LogP contribution in [-0.4, -0.2) is 11.6 Å². The molecule has 2 aliphatic carbocycles. The summed E-state index contributed by atoms with van der Waals surface area (Å²) in [6, 6.07) is 0. The molecule has 0 aliphatic heterocycles. The van der Waals surface area contributed by atoms with Gasteiger partial charge in [0.05, 0.1) is 0 Å². The number of fused-ring (bicyclic) bond motifs is 1. The zero-order valence-electron chi connectivity index (χ0n) is 10.7. The van der Waals surface area contributed by atoms with Crippen molar-refractivity contribution in [3.05, 3.63) is 40.7 Å². The Hall–Kier alpha value is -1.53. The third-order valence-corrected chi connectivity index (χ3v) is 3.36. The summed E-state index contributed by atoms with van der Waals surface area (Å²) in [4.78, 5) is 11.6. The maximum atomic E-state index is 11.6. The highest BCUT2D eigenvalue weighted by Gasteiger charge is 2.34. The summed E-state index contributed by atoms with van der Waals surface area (Å²) < 4.78 is 5.53. The smallest absolute Gasteiger partial charge is 0.333 e. The van der Waals surface area contributed by atoms with Crippen LogP contribution in [-0.2, 0) is 9.53 Å². The number of esters is 1. The molecule has 1 saturated carbocycles. The van der Waals surface area contributed by atoms with Crippen LogP contribution >= 0.6 is 0 Å². The minimum absolute atomic E-state index is 0.317. The highest BCUT2D eigenvalue weighted by Crippen LogP contribution is 2.42. The van der Waals surface area contributed by atoms with Crippen LogP contribution in [0.5, 0.6) is 0 Å². The number of carbonyl (C=O) groups is 1. The first-order chi connectivity index (χ1) is 7.92. The molecule has 0 aromatic heterocycles. The maximum absolute atomic E-state index is 11.6. The zero-order chi connectivity index (χ0) is 12.6. The predicted molar refractivity (Wildman–Crippen MR) is 67.5 cm³/mol. The first-order valence-corrected chi connectivity index (χ1v) is 5.97. The summed E-state index contributed by atoms with van der Waals surface area (Å²) in [5, 5.41) is 0. The van der Waals surface area contributed by atoms with Crippen molar-refractivity contribution in [1.82, 2.24) is 0 Å². The number of allylic oxidation sites excluding steroid dienone is 2. The summed E-state index contributed by atoms with van der Waals surface area (Å²) in [6.07, 6.45) is 5.04. The second-order valence-corrected chi connectivity index (χ2v) is 5.17. The van der Waals surface area contributed by atoms with Gasteiger partial charge in [0.25, 0.3) is 0 Å². The maximum Gasteiger partial charge on any atom is 0.333 e. The molecule has 0 N–H and O–H groups in total. The number of ether oxygens (including phenoxy) is 1. The lowest BCUT2D eigenvalue weighted by Crippen LogP contribution is -2.33. The molecule has 0 saturated heterocycles. The molecular weight excluding hydrogens is 212 g/mol. The van der Waals surface area contributed by atoms with Gasteiger partial charge in [0.2, 0.25) is 0 Å². The Morgan fingerprint density at radius 1 is 1.47 bits per heavy atom. The largest absolute Gasteiger partial charge is 0.452 e. The Morgan fingerprint density at radius 3 is 2.71 bits per heavy atom. The number of hydrogen-bond donors (Lipinski definition) is 0. The summed E-state index contributed by atoms with van der Waals surface area (Å²) in [7, 11) is 0. The van der Waals surface area contributed by atoms with Crippen molar-refractivity contribution in [2.75, 3.05) is 0 Å². The molecule has 2 rings (SSSR count). The van der Waals surface area contributed by atoms with Crippen LogP contribution in [0.25, 0.3) is 0 Å². The van der Waals surface area contributed by atoms with Crippen LogP contribution < -0.4 is 0 Å². The number of rotatable bonds is 3. The van der Waals surface area contributed by atoms with Gasteiger partial charge in [-0.05, 0) is 62.8 Å². The summed E-state index contributed by atoms with van der Waals surface area (Å²) in [6.45, 7) is 9.19. The van der Waals surface area contributed by atoms with E-state index in [-0.39, 0.29) is 5.97 Å². The van der Waals surface area contributed by atoms with Gasteiger partial charge in [-0.2, -0.15) is 0 Å². The lowest BCUT2D eigenvalue weighted by atomic mass is 9.75. The zero-order valence-corrected chi connectivity index (χ0v) is 10.7. The van der Waals surface area contributed by atoms with E-state index in [1.807, 2.05) is 19.9 Å². The fourth-order valence-electron chi connectivity index (χ4n) is 2.26. The van der Waals surface area contributed by atoms with Crippen molar-refractivity contribution < 1.29 is 9.53 Å². The third-order valence-electron chi connectivity index (χ3n) is 3.36. The Morgan fingerprint density at radius 2 is 2.18 bits per heavy atom. The molecule has 0 amide bonds. The fraction of sp³-hybridized carbons (Fsp3) is 0.467. The highest BCUT2D eigenvalue weighted by atomic mass is 16.6. The van der Waals surface area contributed by atoms with E-state index in [9.17, 15) is 4.79 Å². The van der Waals surface area contributed by atoms with Gasteiger partial charge in [-0.3, -0.25) is 0 Å². The molecule has 90 valence electrons. The molecule has 0 spiro atoms. The summed E-state index contributed by atoms with van der Waals surface area (Å²) >= 11 is 0.